The van der Waals surface area contributed by atoms with Crippen molar-refractivity contribution >= 4 is 35.1 Å². The molecule has 2 aliphatic rings. The molecule has 1 aliphatic heterocycles. The van der Waals surface area contributed by atoms with Gasteiger partial charge in [-0.25, -0.2) is 4.39 Å². The minimum atomic E-state index is -0.577. The van der Waals surface area contributed by atoms with E-state index in [-0.39, 0.29) is 40.5 Å². The normalized spacial score (nSPS) is 17.9. The van der Waals surface area contributed by atoms with Gasteiger partial charge in [0.2, 0.25) is 5.82 Å². The molecule has 0 bridgehead atoms. The molecule has 7 nitrogen and oxygen atoms in total. The van der Waals surface area contributed by atoms with E-state index >= 15 is 0 Å². The van der Waals surface area contributed by atoms with Crippen molar-refractivity contribution in [1.82, 2.24) is 20.2 Å². The largest absolute Gasteiger partial charge is 0.460 e. The quantitative estimate of drug-likeness (QED) is 0.338. The molecule has 1 aliphatic carbocycles. The fraction of sp³-hybridized carbons (Fsp3) is 0.444. The Morgan fingerprint density at radius 1 is 1.24 bits per heavy atom. The lowest BCUT2D eigenvalue weighted by molar-refractivity contribution is -0.157. The zero-order chi connectivity index (χ0) is 26.5. The van der Waals surface area contributed by atoms with Gasteiger partial charge in [0.05, 0.1) is 19.0 Å². The van der Waals surface area contributed by atoms with Crippen molar-refractivity contribution in [2.75, 3.05) is 5.75 Å². The fourth-order valence-electron chi connectivity index (χ4n) is 4.83. The summed E-state index contributed by atoms with van der Waals surface area (Å²) >= 11 is 7.88. The third kappa shape index (κ3) is 5.43. The average molecular weight is 543 g/mol. The van der Waals surface area contributed by atoms with Crippen LogP contribution in [0.4, 0.5) is 4.39 Å². The van der Waals surface area contributed by atoms with Crippen LogP contribution < -0.4 is 0 Å². The molecule has 2 aromatic carbocycles. The van der Waals surface area contributed by atoms with Gasteiger partial charge in [0, 0.05) is 33.4 Å². The van der Waals surface area contributed by atoms with Crippen LogP contribution in [0.3, 0.4) is 0 Å². The number of nitrogens with zero attached hydrogens (tertiary/aromatic N) is 4. The van der Waals surface area contributed by atoms with Gasteiger partial charge in [-0.2, -0.15) is 4.80 Å². The maximum atomic E-state index is 15.0. The third-order valence-corrected chi connectivity index (χ3v) is 8.22. The average Bonchev–Trinajstić information content (AvgIpc) is 3.28. The van der Waals surface area contributed by atoms with E-state index in [2.05, 4.69) is 15.4 Å². The van der Waals surface area contributed by atoms with Crippen molar-refractivity contribution in [3.05, 3.63) is 46.7 Å². The van der Waals surface area contributed by atoms with Crippen LogP contribution in [0.2, 0.25) is 5.02 Å². The van der Waals surface area contributed by atoms with E-state index in [1.165, 1.54) is 10.9 Å². The molecule has 0 amide bonds. The number of hydrogen-bond donors (Lipinski definition) is 0. The fourth-order valence-corrected chi connectivity index (χ4v) is 6.32. The number of Topliss-reactive ketones (excluding diaryl/α,β-unsaturated/α-hetero) is 1. The maximum Gasteiger partial charge on any atom is 0.307 e. The first kappa shape index (κ1) is 25.9. The molecule has 1 saturated carbocycles. The first-order valence-corrected chi connectivity index (χ1v) is 13.6. The van der Waals surface area contributed by atoms with Crippen LogP contribution in [0.1, 0.15) is 57.9 Å². The molecule has 0 radical (unpaired) electrons. The van der Waals surface area contributed by atoms with Crippen molar-refractivity contribution in [2.45, 2.75) is 62.9 Å². The van der Waals surface area contributed by atoms with Crippen molar-refractivity contribution < 1.29 is 18.7 Å². The Morgan fingerprint density at radius 3 is 2.65 bits per heavy atom. The summed E-state index contributed by atoms with van der Waals surface area (Å²) in [6, 6.07) is 8.87. The Hall–Kier alpha value is -2.78. The highest BCUT2D eigenvalue weighted by molar-refractivity contribution is 7.99. The number of esters is 1. The van der Waals surface area contributed by atoms with Crippen molar-refractivity contribution in [3.63, 3.8) is 0 Å². The van der Waals surface area contributed by atoms with Crippen molar-refractivity contribution in [2.24, 2.45) is 12.5 Å². The summed E-state index contributed by atoms with van der Waals surface area (Å²) in [6.07, 6.45) is 2.00. The van der Waals surface area contributed by atoms with E-state index < -0.39 is 16.8 Å². The molecule has 37 heavy (non-hydrogen) atoms. The maximum absolute atomic E-state index is 15.0. The number of carbonyl (C=O) groups is 2. The molecule has 0 saturated heterocycles. The van der Waals surface area contributed by atoms with Crippen LogP contribution in [0, 0.1) is 11.2 Å². The van der Waals surface area contributed by atoms with Crippen molar-refractivity contribution in [3.8, 4) is 22.5 Å². The number of rotatable bonds is 7. The minimum Gasteiger partial charge on any atom is -0.460 e. The number of fused-ring (bicyclic) bond motifs is 1. The SMILES string of the molecule is Cn1nnc(-c2c(F)cc(Cl)cc2-c2ccc3c(c2)SCC3CC(=O)C2(CC(=O)OC(C)(C)C)CC2)n1. The van der Waals surface area contributed by atoms with E-state index in [0.29, 0.717) is 12.0 Å². The number of aryl methyl sites for hydroxylation is 1. The topological polar surface area (TPSA) is 87.0 Å². The minimum absolute atomic E-state index is 0.0647. The lowest BCUT2D eigenvalue weighted by Gasteiger charge is -2.22. The van der Waals surface area contributed by atoms with Crippen LogP contribution in [0.5, 0.6) is 0 Å². The second kappa shape index (κ2) is 9.51. The van der Waals surface area contributed by atoms with Crippen LogP contribution >= 0.6 is 23.4 Å². The van der Waals surface area contributed by atoms with Gasteiger partial charge in [0.1, 0.15) is 17.2 Å². The molecule has 194 valence electrons. The monoisotopic (exact) mass is 542 g/mol. The molecule has 1 aromatic heterocycles. The van der Waals surface area contributed by atoms with Gasteiger partial charge in [-0.3, -0.25) is 9.59 Å². The zero-order valence-corrected chi connectivity index (χ0v) is 22.7. The van der Waals surface area contributed by atoms with E-state index in [4.69, 9.17) is 16.3 Å². The zero-order valence-electron chi connectivity index (χ0n) is 21.2. The second-order valence-corrected chi connectivity index (χ2v) is 12.3. The van der Waals surface area contributed by atoms with Crippen LogP contribution in [-0.4, -0.2) is 43.3 Å². The summed E-state index contributed by atoms with van der Waals surface area (Å²) < 4.78 is 20.5. The highest BCUT2D eigenvalue weighted by Gasteiger charge is 2.51. The highest BCUT2D eigenvalue weighted by Crippen LogP contribution is 2.53. The van der Waals surface area contributed by atoms with E-state index in [9.17, 15) is 14.0 Å². The number of ether oxygens (including phenoxy) is 1. The van der Waals surface area contributed by atoms with E-state index in [1.54, 1.807) is 24.9 Å². The number of tetrazole rings is 1. The van der Waals surface area contributed by atoms with Crippen LogP contribution in [-0.2, 0) is 21.4 Å². The summed E-state index contributed by atoms with van der Waals surface area (Å²) in [4.78, 5) is 28.0. The molecule has 1 unspecified atom stereocenters. The number of halogens is 2. The predicted octanol–water partition coefficient (Wildman–Crippen LogP) is 6.00. The molecule has 2 heterocycles. The summed E-state index contributed by atoms with van der Waals surface area (Å²) in [6.45, 7) is 5.49. The Morgan fingerprint density at radius 2 is 2.00 bits per heavy atom. The van der Waals surface area contributed by atoms with Crippen molar-refractivity contribution in [1.29, 1.82) is 0 Å². The van der Waals surface area contributed by atoms with Gasteiger partial charge in [-0.15, -0.1) is 22.0 Å². The predicted molar refractivity (Wildman–Crippen MR) is 140 cm³/mol. The Labute approximate surface area is 224 Å². The molecule has 5 rings (SSSR count). The molecular formula is C27H28ClFN4O3S. The van der Waals surface area contributed by atoms with Crippen LogP contribution in [0.25, 0.3) is 22.5 Å². The molecule has 10 heteroatoms. The summed E-state index contributed by atoms with van der Waals surface area (Å²) in [7, 11) is 1.62. The number of ketones is 1. The Balaban J connectivity index is 1.36. The first-order chi connectivity index (χ1) is 17.4. The van der Waals surface area contributed by atoms with Gasteiger partial charge in [0.15, 0.2) is 0 Å². The van der Waals surface area contributed by atoms with Crippen LogP contribution in [0.15, 0.2) is 35.2 Å². The number of carbonyl (C=O) groups excluding carboxylic acids is 2. The lowest BCUT2D eigenvalue weighted by Crippen LogP contribution is -2.28. The summed E-state index contributed by atoms with van der Waals surface area (Å²) in [5, 5.41) is 12.3. The standard InChI is InChI=1S/C27H28ClFN4O3S/c1-26(2,3)36-23(35)13-27(7-8-27)22(34)10-16-14-37-21-9-15(5-6-18(16)21)19-11-17(28)12-20(29)24(19)25-30-32-33(4)31-25/h5-6,9,11-12,16H,7-8,10,13-14H2,1-4H3. The number of hydrogen-bond acceptors (Lipinski definition) is 7. The lowest BCUT2D eigenvalue weighted by atomic mass is 9.86. The van der Waals surface area contributed by atoms with E-state index in [1.807, 2.05) is 39.0 Å². The van der Waals surface area contributed by atoms with E-state index in [0.717, 1.165) is 34.6 Å². The second-order valence-electron chi connectivity index (χ2n) is 10.8. The Kier molecular flexibility index (Phi) is 6.64. The Bertz CT molecular complexity index is 1400. The summed E-state index contributed by atoms with van der Waals surface area (Å²) in [5.41, 5.74) is 1.55. The number of benzene rings is 2. The highest BCUT2D eigenvalue weighted by atomic mass is 35.5. The van der Waals surface area contributed by atoms with Gasteiger partial charge < -0.3 is 4.74 Å². The smallest absolute Gasteiger partial charge is 0.307 e. The molecule has 1 fully saturated rings. The van der Waals surface area contributed by atoms with Gasteiger partial charge in [-0.05, 0) is 73.7 Å². The molecule has 0 N–H and O–H groups in total. The third-order valence-electron chi connectivity index (χ3n) is 6.77. The number of thioether (sulfide) groups is 1. The van der Waals surface area contributed by atoms with Gasteiger partial charge in [0.25, 0.3) is 0 Å². The molecule has 1 atom stereocenters. The molecular weight excluding hydrogens is 515 g/mol. The number of aromatic nitrogens is 4. The van der Waals surface area contributed by atoms with Gasteiger partial charge >= 0.3 is 5.97 Å². The van der Waals surface area contributed by atoms with Gasteiger partial charge in [-0.1, -0.05) is 23.7 Å². The molecule has 0 spiro atoms. The molecule has 3 aromatic rings. The first-order valence-electron chi connectivity index (χ1n) is 12.2. The summed E-state index contributed by atoms with van der Waals surface area (Å²) in [5.74, 6) is 0.320.